The molecule has 1 fully saturated rings. The Kier molecular flexibility index (Phi) is 2.65. The lowest BCUT2D eigenvalue weighted by molar-refractivity contribution is 0.460. The molecular formula is C13H15N3O. The largest absolute Gasteiger partial charge is 0.317 e. The van der Waals surface area contributed by atoms with Gasteiger partial charge in [0.25, 0.3) is 5.56 Å². The quantitative estimate of drug-likeness (QED) is 0.777. The van der Waals surface area contributed by atoms with E-state index >= 15 is 0 Å². The second-order valence-electron chi connectivity index (χ2n) is 4.53. The highest BCUT2D eigenvalue weighted by molar-refractivity contribution is 5.78. The molecule has 3 rings (SSSR count). The van der Waals surface area contributed by atoms with Gasteiger partial charge in [0.15, 0.2) is 0 Å². The van der Waals surface area contributed by atoms with Crippen LogP contribution in [0.2, 0.25) is 0 Å². The van der Waals surface area contributed by atoms with Crippen molar-refractivity contribution in [1.82, 2.24) is 15.3 Å². The normalized spacial score (nSPS) is 17.4. The van der Waals surface area contributed by atoms with Crippen molar-refractivity contribution in [3.05, 3.63) is 40.4 Å². The standard InChI is InChI=1S/C13H15N3O/c17-13-11-7-10(9-3-5-14-6-4-9)1-2-12(11)15-8-16-13/h1-2,7-9,14H,3-6H2,(H,15,16,17). The Hall–Kier alpha value is -1.68. The molecule has 1 aliphatic rings. The first-order chi connectivity index (χ1) is 8.34. The van der Waals surface area contributed by atoms with Crippen LogP contribution in [0.3, 0.4) is 0 Å². The molecule has 2 N–H and O–H groups in total. The molecule has 17 heavy (non-hydrogen) atoms. The highest BCUT2D eigenvalue weighted by Gasteiger charge is 2.15. The Morgan fingerprint density at radius 1 is 1.24 bits per heavy atom. The predicted molar refractivity (Wildman–Crippen MR) is 67.2 cm³/mol. The van der Waals surface area contributed by atoms with Gasteiger partial charge >= 0.3 is 0 Å². The van der Waals surface area contributed by atoms with Gasteiger partial charge in [-0.25, -0.2) is 4.98 Å². The van der Waals surface area contributed by atoms with Crippen molar-refractivity contribution < 1.29 is 0 Å². The van der Waals surface area contributed by atoms with Crippen LogP contribution in [0, 0.1) is 0 Å². The summed E-state index contributed by atoms with van der Waals surface area (Å²) in [7, 11) is 0. The number of rotatable bonds is 1. The zero-order valence-corrected chi connectivity index (χ0v) is 9.57. The molecule has 0 unspecified atom stereocenters. The minimum Gasteiger partial charge on any atom is -0.317 e. The summed E-state index contributed by atoms with van der Waals surface area (Å²) in [5.74, 6) is 0.570. The van der Waals surface area contributed by atoms with Crippen molar-refractivity contribution in [2.75, 3.05) is 13.1 Å². The second kappa shape index (κ2) is 4.30. The van der Waals surface area contributed by atoms with Crippen molar-refractivity contribution >= 4 is 10.9 Å². The number of piperidine rings is 1. The Labute approximate surface area is 99.1 Å². The van der Waals surface area contributed by atoms with Crippen molar-refractivity contribution in [3.63, 3.8) is 0 Å². The number of fused-ring (bicyclic) bond motifs is 1. The van der Waals surface area contributed by atoms with E-state index in [9.17, 15) is 4.79 Å². The van der Waals surface area contributed by atoms with Gasteiger partial charge in [-0.15, -0.1) is 0 Å². The molecule has 1 aromatic carbocycles. The summed E-state index contributed by atoms with van der Waals surface area (Å²) in [6.07, 6.45) is 3.74. The van der Waals surface area contributed by atoms with Gasteiger partial charge in [0.1, 0.15) is 0 Å². The average Bonchev–Trinajstić information content (AvgIpc) is 2.40. The Morgan fingerprint density at radius 2 is 2.06 bits per heavy atom. The van der Waals surface area contributed by atoms with Gasteiger partial charge in [0.05, 0.1) is 17.2 Å². The molecule has 1 aromatic heterocycles. The fourth-order valence-corrected chi connectivity index (χ4v) is 2.50. The first kappa shape index (κ1) is 10.5. The number of nitrogens with zero attached hydrogens (tertiary/aromatic N) is 1. The third kappa shape index (κ3) is 1.96. The maximum Gasteiger partial charge on any atom is 0.258 e. The SMILES string of the molecule is O=c1[nH]cnc2ccc(C3CCNCC3)cc12. The van der Waals surface area contributed by atoms with E-state index in [0.29, 0.717) is 11.3 Å². The molecule has 2 heterocycles. The molecule has 0 radical (unpaired) electrons. The zero-order chi connectivity index (χ0) is 11.7. The Balaban J connectivity index is 2.06. The van der Waals surface area contributed by atoms with E-state index < -0.39 is 0 Å². The van der Waals surface area contributed by atoms with Crippen LogP contribution in [0.1, 0.15) is 24.3 Å². The molecule has 0 amide bonds. The van der Waals surface area contributed by atoms with E-state index in [1.165, 1.54) is 11.9 Å². The summed E-state index contributed by atoms with van der Waals surface area (Å²) in [6.45, 7) is 2.12. The van der Waals surface area contributed by atoms with Gasteiger partial charge in [-0.2, -0.15) is 0 Å². The highest BCUT2D eigenvalue weighted by atomic mass is 16.1. The Morgan fingerprint density at radius 3 is 2.88 bits per heavy atom. The number of aromatic amines is 1. The van der Waals surface area contributed by atoms with E-state index in [0.717, 1.165) is 31.4 Å². The van der Waals surface area contributed by atoms with Crippen LogP contribution in [0.15, 0.2) is 29.3 Å². The fourth-order valence-electron chi connectivity index (χ4n) is 2.50. The minimum absolute atomic E-state index is 0.0502. The number of hydrogen-bond acceptors (Lipinski definition) is 3. The van der Waals surface area contributed by atoms with Crippen LogP contribution in [-0.4, -0.2) is 23.1 Å². The number of benzene rings is 1. The van der Waals surface area contributed by atoms with Gasteiger partial charge in [-0.3, -0.25) is 4.79 Å². The van der Waals surface area contributed by atoms with Crippen LogP contribution < -0.4 is 10.9 Å². The van der Waals surface area contributed by atoms with E-state index in [1.807, 2.05) is 12.1 Å². The van der Waals surface area contributed by atoms with Crippen LogP contribution in [-0.2, 0) is 0 Å². The zero-order valence-electron chi connectivity index (χ0n) is 9.57. The predicted octanol–water partition coefficient (Wildman–Crippen LogP) is 1.39. The molecule has 0 bridgehead atoms. The first-order valence-corrected chi connectivity index (χ1v) is 6.02. The van der Waals surface area contributed by atoms with E-state index in [-0.39, 0.29) is 5.56 Å². The molecule has 88 valence electrons. The first-order valence-electron chi connectivity index (χ1n) is 6.02. The molecule has 1 aliphatic heterocycles. The molecule has 1 saturated heterocycles. The smallest absolute Gasteiger partial charge is 0.258 e. The Bertz CT molecular complexity index is 584. The van der Waals surface area contributed by atoms with E-state index in [2.05, 4.69) is 21.4 Å². The van der Waals surface area contributed by atoms with Crippen molar-refractivity contribution in [3.8, 4) is 0 Å². The van der Waals surface area contributed by atoms with Crippen LogP contribution in [0.5, 0.6) is 0 Å². The van der Waals surface area contributed by atoms with E-state index in [1.54, 1.807) is 0 Å². The summed E-state index contributed by atoms with van der Waals surface area (Å²) in [5, 5.41) is 4.05. The van der Waals surface area contributed by atoms with Crippen LogP contribution in [0.25, 0.3) is 10.9 Å². The number of nitrogens with one attached hydrogen (secondary N) is 2. The summed E-state index contributed by atoms with van der Waals surface area (Å²) in [6, 6.07) is 6.05. The summed E-state index contributed by atoms with van der Waals surface area (Å²) in [5.41, 5.74) is 1.98. The molecule has 0 aliphatic carbocycles. The van der Waals surface area contributed by atoms with Crippen molar-refractivity contribution in [2.24, 2.45) is 0 Å². The van der Waals surface area contributed by atoms with Crippen LogP contribution >= 0.6 is 0 Å². The third-order valence-corrected chi connectivity index (χ3v) is 3.48. The lowest BCUT2D eigenvalue weighted by atomic mass is 9.89. The van der Waals surface area contributed by atoms with Crippen LogP contribution in [0.4, 0.5) is 0 Å². The summed E-state index contributed by atoms with van der Waals surface area (Å²) in [4.78, 5) is 18.5. The molecule has 2 aromatic rings. The molecule has 0 atom stereocenters. The summed E-state index contributed by atoms with van der Waals surface area (Å²) >= 11 is 0. The maximum absolute atomic E-state index is 11.7. The lowest BCUT2D eigenvalue weighted by Gasteiger charge is -2.23. The van der Waals surface area contributed by atoms with Crippen molar-refractivity contribution in [2.45, 2.75) is 18.8 Å². The minimum atomic E-state index is -0.0502. The lowest BCUT2D eigenvalue weighted by Crippen LogP contribution is -2.26. The van der Waals surface area contributed by atoms with Gasteiger partial charge in [0.2, 0.25) is 0 Å². The van der Waals surface area contributed by atoms with Gasteiger partial charge in [-0.05, 0) is 49.5 Å². The molecule has 0 saturated carbocycles. The monoisotopic (exact) mass is 229 g/mol. The molecular weight excluding hydrogens is 214 g/mol. The topological polar surface area (TPSA) is 57.8 Å². The number of aromatic nitrogens is 2. The third-order valence-electron chi connectivity index (χ3n) is 3.48. The van der Waals surface area contributed by atoms with Gasteiger partial charge in [-0.1, -0.05) is 6.07 Å². The van der Waals surface area contributed by atoms with Gasteiger partial charge < -0.3 is 10.3 Å². The maximum atomic E-state index is 11.7. The number of hydrogen-bond donors (Lipinski definition) is 2. The summed E-state index contributed by atoms with van der Waals surface area (Å²) < 4.78 is 0. The van der Waals surface area contributed by atoms with E-state index in [4.69, 9.17) is 0 Å². The van der Waals surface area contributed by atoms with Gasteiger partial charge in [0, 0.05) is 0 Å². The van der Waals surface area contributed by atoms with Crippen molar-refractivity contribution in [1.29, 1.82) is 0 Å². The number of H-pyrrole nitrogens is 1. The average molecular weight is 229 g/mol. The second-order valence-corrected chi connectivity index (χ2v) is 4.53. The molecule has 4 nitrogen and oxygen atoms in total. The fraction of sp³-hybridized carbons (Fsp3) is 0.385. The highest BCUT2D eigenvalue weighted by Crippen LogP contribution is 2.26. The molecule has 4 heteroatoms. The molecule has 0 spiro atoms.